The van der Waals surface area contributed by atoms with E-state index in [0.717, 1.165) is 30.1 Å². The molecular formula is C17H19N5O. The summed E-state index contributed by atoms with van der Waals surface area (Å²) in [4.78, 5) is 16.1. The van der Waals surface area contributed by atoms with Gasteiger partial charge in [-0.2, -0.15) is 0 Å². The summed E-state index contributed by atoms with van der Waals surface area (Å²) < 4.78 is 1.90. The summed E-state index contributed by atoms with van der Waals surface area (Å²) in [7, 11) is 1.93. The molecule has 0 spiro atoms. The summed E-state index contributed by atoms with van der Waals surface area (Å²) in [5, 5.41) is 10.1. The van der Waals surface area contributed by atoms with E-state index in [0.29, 0.717) is 11.4 Å². The lowest BCUT2D eigenvalue weighted by molar-refractivity contribution is 0.477. The number of para-hydroxylation sites is 1. The number of imidazole rings is 1. The van der Waals surface area contributed by atoms with Crippen molar-refractivity contribution in [2.75, 3.05) is 18.0 Å². The molecule has 118 valence electrons. The smallest absolute Gasteiger partial charge is 0.167 e. The summed E-state index contributed by atoms with van der Waals surface area (Å²) in [6, 6.07) is 7.18. The fourth-order valence-electron chi connectivity index (χ4n) is 3.10. The lowest BCUT2D eigenvalue weighted by Crippen LogP contribution is -2.30. The molecule has 0 radical (unpaired) electrons. The van der Waals surface area contributed by atoms with Gasteiger partial charge in [-0.25, -0.2) is 15.0 Å². The molecule has 0 atom stereocenters. The van der Waals surface area contributed by atoms with Crippen molar-refractivity contribution in [3.8, 4) is 17.1 Å². The van der Waals surface area contributed by atoms with E-state index in [2.05, 4.69) is 14.9 Å². The Kier molecular flexibility index (Phi) is 3.37. The van der Waals surface area contributed by atoms with Gasteiger partial charge in [-0.05, 0) is 31.4 Å². The normalized spacial score (nSPS) is 15.3. The molecule has 0 amide bonds. The topological polar surface area (TPSA) is 67.1 Å². The van der Waals surface area contributed by atoms with Crippen LogP contribution in [0.25, 0.3) is 22.6 Å². The molecule has 3 heterocycles. The number of anilines is 1. The van der Waals surface area contributed by atoms with Crippen LogP contribution in [0.3, 0.4) is 0 Å². The van der Waals surface area contributed by atoms with Gasteiger partial charge in [0.25, 0.3) is 0 Å². The Morgan fingerprint density at radius 2 is 1.83 bits per heavy atom. The lowest BCUT2D eigenvalue weighted by atomic mass is 10.1. The summed E-state index contributed by atoms with van der Waals surface area (Å²) in [6.07, 6.45) is 5.37. The molecule has 4 rings (SSSR count). The van der Waals surface area contributed by atoms with Crippen LogP contribution in [0.15, 0.2) is 30.6 Å². The number of phenols is 1. The van der Waals surface area contributed by atoms with Gasteiger partial charge in [-0.3, -0.25) is 0 Å². The molecule has 1 aromatic carbocycles. The Morgan fingerprint density at radius 1 is 1.04 bits per heavy atom. The molecule has 1 N–H and O–H groups in total. The second kappa shape index (κ2) is 5.53. The Bertz CT molecular complexity index is 851. The monoisotopic (exact) mass is 309 g/mol. The maximum absolute atomic E-state index is 10.1. The number of fused-ring (bicyclic) bond motifs is 1. The fourth-order valence-corrected chi connectivity index (χ4v) is 3.10. The van der Waals surface area contributed by atoms with Gasteiger partial charge in [0.05, 0.1) is 11.9 Å². The van der Waals surface area contributed by atoms with Gasteiger partial charge in [0, 0.05) is 20.1 Å². The number of aromatic nitrogens is 4. The zero-order valence-corrected chi connectivity index (χ0v) is 13.1. The van der Waals surface area contributed by atoms with Crippen molar-refractivity contribution in [3.05, 3.63) is 30.6 Å². The second-order valence-electron chi connectivity index (χ2n) is 5.96. The van der Waals surface area contributed by atoms with Crippen molar-refractivity contribution in [2.24, 2.45) is 7.05 Å². The highest BCUT2D eigenvalue weighted by atomic mass is 16.3. The predicted octanol–water partition coefficient (Wildman–Crippen LogP) is 2.73. The number of aromatic hydroxyl groups is 1. The van der Waals surface area contributed by atoms with Gasteiger partial charge < -0.3 is 14.6 Å². The Labute approximate surface area is 134 Å². The maximum atomic E-state index is 10.1. The molecule has 1 aliphatic rings. The highest BCUT2D eigenvalue weighted by Crippen LogP contribution is 2.31. The second-order valence-corrected chi connectivity index (χ2v) is 5.96. The largest absolute Gasteiger partial charge is 0.507 e. The molecule has 0 aliphatic carbocycles. The van der Waals surface area contributed by atoms with Crippen LogP contribution >= 0.6 is 0 Å². The first kappa shape index (κ1) is 14.0. The third kappa shape index (κ3) is 2.40. The molecule has 0 saturated carbocycles. The molecule has 23 heavy (non-hydrogen) atoms. The Morgan fingerprint density at radius 3 is 2.61 bits per heavy atom. The van der Waals surface area contributed by atoms with Crippen LogP contribution < -0.4 is 4.90 Å². The molecule has 2 aromatic heterocycles. The van der Waals surface area contributed by atoms with Crippen molar-refractivity contribution >= 4 is 17.0 Å². The van der Waals surface area contributed by atoms with E-state index in [9.17, 15) is 5.11 Å². The molecule has 3 aromatic rings. The number of nitrogens with zero attached hydrogens (tertiary/aromatic N) is 5. The SMILES string of the molecule is Cn1cnc2c(N3CCCCC3)nc(-c3ccccc3O)nc21. The minimum Gasteiger partial charge on any atom is -0.507 e. The van der Waals surface area contributed by atoms with Gasteiger partial charge in [0.1, 0.15) is 5.75 Å². The van der Waals surface area contributed by atoms with E-state index in [-0.39, 0.29) is 5.75 Å². The van der Waals surface area contributed by atoms with Crippen LogP contribution in [0.2, 0.25) is 0 Å². The van der Waals surface area contributed by atoms with Crippen molar-refractivity contribution in [1.82, 2.24) is 19.5 Å². The number of phenolic OH excluding ortho intramolecular Hbond substituents is 1. The van der Waals surface area contributed by atoms with Crippen molar-refractivity contribution in [3.63, 3.8) is 0 Å². The quantitative estimate of drug-likeness (QED) is 0.788. The van der Waals surface area contributed by atoms with Gasteiger partial charge in [-0.15, -0.1) is 0 Å². The van der Waals surface area contributed by atoms with E-state index in [1.165, 1.54) is 19.3 Å². The van der Waals surface area contributed by atoms with E-state index < -0.39 is 0 Å². The molecule has 1 aliphatic heterocycles. The van der Waals surface area contributed by atoms with E-state index in [4.69, 9.17) is 4.98 Å². The molecule has 6 nitrogen and oxygen atoms in total. The standard InChI is InChI=1S/C17H19N5O/c1-21-11-18-14-16(21)19-15(12-7-3-4-8-13(12)23)20-17(14)22-9-5-2-6-10-22/h3-4,7-8,11,23H,2,5-6,9-10H2,1H3. The van der Waals surface area contributed by atoms with Crippen molar-refractivity contribution in [1.29, 1.82) is 0 Å². The zero-order valence-electron chi connectivity index (χ0n) is 13.1. The third-order valence-corrected chi connectivity index (χ3v) is 4.34. The molecule has 6 heteroatoms. The number of rotatable bonds is 2. The number of benzene rings is 1. The lowest BCUT2D eigenvalue weighted by Gasteiger charge is -2.28. The predicted molar refractivity (Wildman–Crippen MR) is 89.5 cm³/mol. The Balaban J connectivity index is 1.92. The maximum Gasteiger partial charge on any atom is 0.167 e. The van der Waals surface area contributed by atoms with Crippen molar-refractivity contribution < 1.29 is 5.11 Å². The number of hydrogen-bond acceptors (Lipinski definition) is 5. The first-order valence-corrected chi connectivity index (χ1v) is 7.96. The van der Waals surface area contributed by atoms with Crippen LogP contribution in [0, 0.1) is 0 Å². The average molecular weight is 309 g/mol. The number of piperidine rings is 1. The zero-order chi connectivity index (χ0) is 15.8. The van der Waals surface area contributed by atoms with Gasteiger partial charge in [0.2, 0.25) is 0 Å². The minimum atomic E-state index is 0.193. The van der Waals surface area contributed by atoms with Crippen LogP contribution in [-0.4, -0.2) is 37.7 Å². The first-order chi connectivity index (χ1) is 11.2. The molecule has 1 fully saturated rings. The first-order valence-electron chi connectivity index (χ1n) is 7.96. The van der Waals surface area contributed by atoms with E-state index in [1.807, 2.05) is 23.7 Å². The van der Waals surface area contributed by atoms with Crippen LogP contribution in [0.1, 0.15) is 19.3 Å². The van der Waals surface area contributed by atoms with Gasteiger partial charge >= 0.3 is 0 Å². The summed E-state index contributed by atoms with van der Waals surface area (Å²) in [6.45, 7) is 1.98. The summed E-state index contributed by atoms with van der Waals surface area (Å²) in [5.74, 6) is 1.60. The number of aryl methyl sites for hydroxylation is 1. The summed E-state index contributed by atoms with van der Waals surface area (Å²) >= 11 is 0. The highest BCUT2D eigenvalue weighted by molar-refractivity contribution is 5.86. The van der Waals surface area contributed by atoms with Gasteiger partial charge in [-0.1, -0.05) is 12.1 Å². The Hall–Kier alpha value is -2.63. The third-order valence-electron chi connectivity index (χ3n) is 4.34. The highest BCUT2D eigenvalue weighted by Gasteiger charge is 2.20. The van der Waals surface area contributed by atoms with Crippen molar-refractivity contribution in [2.45, 2.75) is 19.3 Å². The van der Waals surface area contributed by atoms with Gasteiger partial charge in [0.15, 0.2) is 22.8 Å². The van der Waals surface area contributed by atoms with E-state index in [1.54, 1.807) is 18.5 Å². The molecular weight excluding hydrogens is 290 g/mol. The van der Waals surface area contributed by atoms with Crippen LogP contribution in [0.4, 0.5) is 5.82 Å². The molecule has 0 bridgehead atoms. The van der Waals surface area contributed by atoms with Crippen LogP contribution in [-0.2, 0) is 7.05 Å². The van der Waals surface area contributed by atoms with E-state index >= 15 is 0 Å². The molecule has 0 unspecified atom stereocenters. The fraction of sp³-hybridized carbons (Fsp3) is 0.353. The molecule has 1 saturated heterocycles. The minimum absolute atomic E-state index is 0.193. The number of hydrogen-bond donors (Lipinski definition) is 1. The van der Waals surface area contributed by atoms with Crippen LogP contribution in [0.5, 0.6) is 5.75 Å². The summed E-state index contributed by atoms with van der Waals surface area (Å²) in [5.41, 5.74) is 2.27. The average Bonchev–Trinajstić information content (AvgIpc) is 2.97.